The lowest BCUT2D eigenvalue weighted by Crippen LogP contribution is -1.92. The molecule has 3 aromatic heterocycles. The summed E-state index contributed by atoms with van der Waals surface area (Å²) >= 11 is 7.82. The van der Waals surface area contributed by atoms with Gasteiger partial charge >= 0.3 is 0 Å². The van der Waals surface area contributed by atoms with E-state index in [9.17, 15) is 0 Å². The second-order valence-corrected chi connectivity index (χ2v) is 5.46. The lowest BCUT2D eigenvalue weighted by Gasteiger charge is -2.00. The number of hydrogen-bond acceptors (Lipinski definition) is 3. The maximum atomic E-state index is 6.13. The summed E-state index contributed by atoms with van der Waals surface area (Å²) < 4.78 is 1.93. The molecule has 0 aliphatic rings. The first-order valence-electron chi connectivity index (χ1n) is 5.15. The van der Waals surface area contributed by atoms with Crippen LogP contribution >= 0.6 is 22.9 Å². The van der Waals surface area contributed by atoms with Gasteiger partial charge in [-0.05, 0) is 31.2 Å². The highest BCUT2D eigenvalue weighted by Crippen LogP contribution is 2.32. The van der Waals surface area contributed by atoms with Crippen LogP contribution in [0, 0.1) is 6.92 Å². The number of hydrogen-bond donors (Lipinski definition) is 1. The number of imidazole rings is 1. The smallest absolute Gasteiger partial charge is 0.157 e. The highest BCUT2D eigenvalue weighted by Gasteiger charge is 2.14. The average molecular weight is 264 g/mol. The largest absolute Gasteiger partial charge is 0.397 e. The fourth-order valence-electron chi connectivity index (χ4n) is 1.85. The Hall–Kier alpha value is -1.52. The van der Waals surface area contributed by atoms with Crippen molar-refractivity contribution < 1.29 is 0 Å². The molecule has 0 aliphatic carbocycles. The summed E-state index contributed by atoms with van der Waals surface area (Å²) in [5, 5.41) is 0.448. The van der Waals surface area contributed by atoms with E-state index in [-0.39, 0.29) is 0 Å². The highest BCUT2D eigenvalue weighted by molar-refractivity contribution is 7.15. The summed E-state index contributed by atoms with van der Waals surface area (Å²) in [4.78, 5) is 6.73. The standard InChI is InChI=1S/C12H10ClN3S/c1-7-4-5-9(17-7)12-15-11(13)10-8(14)3-2-6-16(10)12/h2-6H,14H2,1H3. The van der Waals surface area contributed by atoms with Crippen LogP contribution in [-0.4, -0.2) is 9.38 Å². The van der Waals surface area contributed by atoms with Crippen LogP contribution in [0.4, 0.5) is 5.69 Å². The van der Waals surface area contributed by atoms with Gasteiger partial charge in [-0.25, -0.2) is 4.98 Å². The van der Waals surface area contributed by atoms with E-state index >= 15 is 0 Å². The molecule has 3 nitrogen and oxygen atoms in total. The predicted octanol–water partition coefficient (Wildman–Crippen LogP) is 3.61. The minimum atomic E-state index is 0.448. The number of nitrogens with two attached hydrogens (primary N) is 1. The van der Waals surface area contributed by atoms with E-state index in [1.54, 1.807) is 11.3 Å². The lowest BCUT2D eigenvalue weighted by atomic mass is 10.3. The first-order valence-corrected chi connectivity index (χ1v) is 6.35. The number of pyridine rings is 1. The average Bonchev–Trinajstić information content (AvgIpc) is 2.84. The Bertz CT molecular complexity index is 699. The summed E-state index contributed by atoms with van der Waals surface area (Å²) in [6.07, 6.45) is 1.93. The Labute approximate surface area is 107 Å². The van der Waals surface area contributed by atoms with E-state index in [2.05, 4.69) is 18.0 Å². The highest BCUT2D eigenvalue weighted by atomic mass is 35.5. The number of halogens is 1. The molecule has 86 valence electrons. The minimum absolute atomic E-state index is 0.448. The van der Waals surface area contributed by atoms with Crippen LogP contribution in [0.3, 0.4) is 0 Å². The van der Waals surface area contributed by atoms with Crippen LogP contribution in [0.5, 0.6) is 0 Å². The second kappa shape index (κ2) is 3.75. The molecule has 3 rings (SSSR count). The summed E-state index contributed by atoms with van der Waals surface area (Å²) in [5.41, 5.74) is 7.33. The molecule has 3 aromatic rings. The molecule has 0 atom stereocenters. The number of aromatic nitrogens is 2. The van der Waals surface area contributed by atoms with Gasteiger partial charge in [0.1, 0.15) is 5.52 Å². The third-order valence-corrected chi connectivity index (χ3v) is 3.87. The monoisotopic (exact) mass is 263 g/mol. The van der Waals surface area contributed by atoms with E-state index in [1.165, 1.54) is 4.88 Å². The summed E-state index contributed by atoms with van der Waals surface area (Å²) in [5.74, 6) is 0.843. The number of nitrogen functional groups attached to an aromatic ring is 1. The van der Waals surface area contributed by atoms with Crippen LogP contribution < -0.4 is 5.73 Å². The Morgan fingerprint density at radius 2 is 2.18 bits per heavy atom. The molecule has 0 fully saturated rings. The van der Waals surface area contributed by atoms with E-state index in [4.69, 9.17) is 17.3 Å². The van der Waals surface area contributed by atoms with Crippen molar-refractivity contribution in [3.05, 3.63) is 40.5 Å². The maximum Gasteiger partial charge on any atom is 0.157 e. The number of anilines is 1. The van der Waals surface area contributed by atoms with Crippen molar-refractivity contribution in [3.8, 4) is 10.7 Å². The molecule has 0 aliphatic heterocycles. The summed E-state index contributed by atoms with van der Waals surface area (Å²) in [6, 6.07) is 7.84. The van der Waals surface area contributed by atoms with Gasteiger partial charge in [-0.2, -0.15) is 0 Å². The molecule has 0 unspecified atom stereocenters. The fraction of sp³-hybridized carbons (Fsp3) is 0.0833. The Balaban J connectivity index is 2.35. The number of fused-ring (bicyclic) bond motifs is 1. The van der Waals surface area contributed by atoms with Gasteiger partial charge in [0.05, 0.1) is 10.6 Å². The van der Waals surface area contributed by atoms with Crippen molar-refractivity contribution in [2.24, 2.45) is 0 Å². The molecule has 17 heavy (non-hydrogen) atoms. The van der Waals surface area contributed by atoms with Crippen molar-refractivity contribution in [1.82, 2.24) is 9.38 Å². The zero-order chi connectivity index (χ0) is 12.0. The maximum absolute atomic E-state index is 6.13. The molecule has 0 saturated carbocycles. The minimum Gasteiger partial charge on any atom is -0.397 e. The van der Waals surface area contributed by atoms with Gasteiger partial charge in [0.2, 0.25) is 0 Å². The fourth-order valence-corrected chi connectivity index (χ4v) is 2.98. The predicted molar refractivity (Wildman–Crippen MR) is 72.7 cm³/mol. The first-order chi connectivity index (χ1) is 8.16. The van der Waals surface area contributed by atoms with E-state index in [1.807, 2.05) is 28.8 Å². The van der Waals surface area contributed by atoms with Gasteiger partial charge in [-0.3, -0.25) is 4.40 Å². The van der Waals surface area contributed by atoms with Gasteiger partial charge in [0.25, 0.3) is 0 Å². The van der Waals surface area contributed by atoms with Crippen molar-refractivity contribution in [2.75, 3.05) is 5.73 Å². The van der Waals surface area contributed by atoms with E-state index in [0.29, 0.717) is 10.8 Å². The molecule has 0 saturated heterocycles. The molecule has 0 aromatic carbocycles. The zero-order valence-corrected chi connectivity index (χ0v) is 10.7. The van der Waals surface area contributed by atoms with Crippen molar-refractivity contribution in [1.29, 1.82) is 0 Å². The van der Waals surface area contributed by atoms with Crippen LogP contribution in [0.25, 0.3) is 16.2 Å². The zero-order valence-electron chi connectivity index (χ0n) is 9.14. The Morgan fingerprint density at radius 1 is 1.35 bits per heavy atom. The Kier molecular flexibility index (Phi) is 2.34. The summed E-state index contributed by atoms with van der Waals surface area (Å²) in [6.45, 7) is 2.07. The topological polar surface area (TPSA) is 43.3 Å². The van der Waals surface area contributed by atoms with Crippen molar-refractivity contribution in [3.63, 3.8) is 0 Å². The molecule has 0 bridgehead atoms. The third-order valence-electron chi connectivity index (χ3n) is 2.61. The second-order valence-electron chi connectivity index (χ2n) is 3.82. The van der Waals surface area contributed by atoms with E-state index < -0.39 is 0 Å². The van der Waals surface area contributed by atoms with Crippen molar-refractivity contribution >= 4 is 34.1 Å². The number of aryl methyl sites for hydroxylation is 1. The van der Waals surface area contributed by atoms with Gasteiger partial charge in [-0.15, -0.1) is 11.3 Å². The van der Waals surface area contributed by atoms with Gasteiger partial charge in [-0.1, -0.05) is 11.6 Å². The SMILES string of the molecule is Cc1ccc(-c2nc(Cl)c3c(N)cccn23)s1. The van der Waals surface area contributed by atoms with Crippen LogP contribution in [0.2, 0.25) is 5.15 Å². The molecule has 0 spiro atoms. The quantitative estimate of drug-likeness (QED) is 0.729. The van der Waals surface area contributed by atoms with Crippen LogP contribution in [0.15, 0.2) is 30.5 Å². The number of rotatable bonds is 1. The molecule has 5 heteroatoms. The van der Waals surface area contributed by atoms with E-state index in [0.717, 1.165) is 16.2 Å². The van der Waals surface area contributed by atoms with Gasteiger partial charge < -0.3 is 5.73 Å². The normalized spacial score (nSPS) is 11.2. The molecular formula is C12H10ClN3S. The number of thiophene rings is 1. The number of nitrogens with zero attached hydrogens (tertiary/aromatic N) is 2. The molecule has 0 radical (unpaired) electrons. The van der Waals surface area contributed by atoms with Gasteiger partial charge in [0.15, 0.2) is 11.0 Å². The molecular weight excluding hydrogens is 254 g/mol. The lowest BCUT2D eigenvalue weighted by molar-refractivity contribution is 1.17. The first kappa shape index (κ1) is 10.6. The molecule has 3 heterocycles. The third kappa shape index (κ3) is 1.61. The van der Waals surface area contributed by atoms with Crippen molar-refractivity contribution in [2.45, 2.75) is 6.92 Å². The van der Waals surface area contributed by atoms with Crippen LogP contribution in [0.1, 0.15) is 4.88 Å². The summed E-state index contributed by atoms with van der Waals surface area (Å²) in [7, 11) is 0. The molecule has 2 N–H and O–H groups in total. The van der Waals surface area contributed by atoms with Gasteiger partial charge in [0, 0.05) is 11.1 Å². The molecule has 0 amide bonds. The van der Waals surface area contributed by atoms with Crippen LogP contribution in [-0.2, 0) is 0 Å². The Morgan fingerprint density at radius 3 is 2.88 bits per heavy atom.